The van der Waals surface area contributed by atoms with E-state index in [1.54, 1.807) is 34.9 Å². The average molecular weight is 455 g/mol. The van der Waals surface area contributed by atoms with E-state index in [4.69, 9.17) is 11.6 Å². The number of hydrogen-bond donors (Lipinski definition) is 2. The first-order valence-electron chi connectivity index (χ1n) is 9.38. The zero-order valence-electron chi connectivity index (χ0n) is 16.5. The highest BCUT2D eigenvalue weighted by molar-refractivity contribution is 7.92. The van der Waals surface area contributed by atoms with E-state index in [0.717, 1.165) is 16.5 Å². The fourth-order valence-corrected chi connectivity index (χ4v) is 4.43. The normalized spacial score (nSPS) is 11.4. The number of sulfonamides is 1. The largest absolute Gasteiger partial charge is 0.347 e. The molecule has 0 aliphatic rings. The van der Waals surface area contributed by atoms with E-state index in [1.807, 2.05) is 25.2 Å². The van der Waals surface area contributed by atoms with Crippen LogP contribution in [0.3, 0.4) is 0 Å². The first-order chi connectivity index (χ1) is 14.8. The molecule has 0 aliphatic heterocycles. The van der Waals surface area contributed by atoms with E-state index in [-0.39, 0.29) is 10.8 Å². The minimum Gasteiger partial charge on any atom is -0.347 e. The van der Waals surface area contributed by atoms with Crippen molar-refractivity contribution in [1.82, 2.24) is 14.9 Å². The molecule has 0 bridgehead atoms. The van der Waals surface area contributed by atoms with Crippen LogP contribution in [0.25, 0.3) is 10.9 Å². The number of fused-ring (bicyclic) bond motifs is 1. The number of benzene rings is 2. The number of rotatable bonds is 6. The van der Waals surface area contributed by atoms with Crippen LogP contribution in [0.4, 0.5) is 5.69 Å². The van der Waals surface area contributed by atoms with Crippen LogP contribution in [-0.4, -0.2) is 23.9 Å². The molecule has 0 saturated heterocycles. The Morgan fingerprint density at radius 2 is 1.74 bits per heavy atom. The minimum atomic E-state index is -3.68. The Hall–Kier alpha value is -3.36. The molecule has 4 aromatic rings. The zero-order chi connectivity index (χ0) is 22.0. The summed E-state index contributed by atoms with van der Waals surface area (Å²) >= 11 is 6.05. The van der Waals surface area contributed by atoms with E-state index in [2.05, 4.69) is 15.0 Å². The monoisotopic (exact) mass is 454 g/mol. The van der Waals surface area contributed by atoms with Crippen LogP contribution in [0.1, 0.15) is 16.1 Å². The maximum Gasteiger partial charge on any atom is 0.268 e. The topological polar surface area (TPSA) is 93.1 Å². The molecule has 0 radical (unpaired) electrons. The molecule has 0 unspecified atom stereocenters. The lowest BCUT2D eigenvalue weighted by atomic mass is 10.2. The van der Waals surface area contributed by atoms with Crippen LogP contribution in [0, 0.1) is 0 Å². The van der Waals surface area contributed by atoms with Gasteiger partial charge in [0.05, 0.1) is 4.90 Å². The number of nitrogens with one attached hydrogen (secondary N) is 2. The quantitative estimate of drug-likeness (QED) is 0.461. The van der Waals surface area contributed by atoms with Gasteiger partial charge >= 0.3 is 0 Å². The van der Waals surface area contributed by atoms with Crippen LogP contribution in [0.5, 0.6) is 0 Å². The summed E-state index contributed by atoms with van der Waals surface area (Å²) < 4.78 is 29.1. The minimum absolute atomic E-state index is 0.134. The lowest BCUT2D eigenvalue weighted by Gasteiger charge is -2.10. The molecule has 2 aromatic carbocycles. The Labute approximate surface area is 184 Å². The summed E-state index contributed by atoms with van der Waals surface area (Å²) in [6.07, 6.45) is 2.84. The van der Waals surface area contributed by atoms with Gasteiger partial charge in [-0.15, -0.1) is 0 Å². The van der Waals surface area contributed by atoms with Crippen molar-refractivity contribution in [3.63, 3.8) is 0 Å². The van der Waals surface area contributed by atoms with Crippen LogP contribution in [0.2, 0.25) is 5.02 Å². The van der Waals surface area contributed by atoms with Gasteiger partial charge in [0, 0.05) is 47.6 Å². The summed E-state index contributed by atoms with van der Waals surface area (Å²) in [5.41, 5.74) is 2.67. The van der Waals surface area contributed by atoms with Crippen molar-refractivity contribution in [2.24, 2.45) is 7.05 Å². The molecule has 0 saturated carbocycles. The Morgan fingerprint density at radius 3 is 2.45 bits per heavy atom. The van der Waals surface area contributed by atoms with Crippen LogP contribution >= 0.6 is 11.6 Å². The Kier molecular flexibility index (Phi) is 5.67. The van der Waals surface area contributed by atoms with Gasteiger partial charge in [-0.2, -0.15) is 0 Å². The lowest BCUT2D eigenvalue weighted by Crippen LogP contribution is -2.24. The number of anilines is 1. The molecular weight excluding hydrogens is 436 g/mol. The van der Waals surface area contributed by atoms with Gasteiger partial charge in [0.25, 0.3) is 15.9 Å². The number of pyridine rings is 1. The molecule has 0 fully saturated rings. The van der Waals surface area contributed by atoms with E-state index in [0.29, 0.717) is 22.9 Å². The Bertz CT molecular complexity index is 1350. The third kappa shape index (κ3) is 4.55. The summed E-state index contributed by atoms with van der Waals surface area (Å²) in [5.74, 6) is -0.211. The summed E-state index contributed by atoms with van der Waals surface area (Å²) in [7, 11) is -1.86. The van der Waals surface area contributed by atoms with Crippen molar-refractivity contribution < 1.29 is 13.2 Å². The molecule has 0 spiro atoms. The predicted octanol–water partition coefficient (Wildman–Crippen LogP) is 3.96. The third-order valence-corrected chi connectivity index (χ3v) is 6.49. The Balaban J connectivity index is 1.42. The second-order valence-electron chi connectivity index (χ2n) is 6.96. The number of amides is 1. The average Bonchev–Trinajstić information content (AvgIpc) is 3.09. The van der Waals surface area contributed by atoms with Gasteiger partial charge in [-0.25, -0.2) is 8.42 Å². The molecular formula is C22H19ClN4O3S. The second-order valence-corrected chi connectivity index (χ2v) is 9.08. The predicted molar refractivity (Wildman–Crippen MR) is 121 cm³/mol. The molecule has 7 nitrogen and oxygen atoms in total. The fraction of sp³-hybridized carbons (Fsp3) is 0.0909. The number of nitrogens with zero attached hydrogens (tertiary/aromatic N) is 2. The first kappa shape index (κ1) is 20.9. The van der Waals surface area contributed by atoms with Crippen molar-refractivity contribution in [3.05, 3.63) is 89.3 Å². The summed E-state index contributed by atoms with van der Waals surface area (Å²) in [4.78, 5) is 16.6. The van der Waals surface area contributed by atoms with Gasteiger partial charge in [-0.05, 0) is 48.0 Å². The second kappa shape index (κ2) is 8.41. The van der Waals surface area contributed by atoms with Gasteiger partial charge < -0.3 is 9.88 Å². The highest BCUT2D eigenvalue weighted by Gasteiger charge is 2.15. The molecule has 4 rings (SSSR count). The zero-order valence-corrected chi connectivity index (χ0v) is 18.1. The Morgan fingerprint density at radius 1 is 1.03 bits per heavy atom. The number of carbonyl (C=O) groups is 1. The van der Waals surface area contributed by atoms with Gasteiger partial charge in [0.1, 0.15) is 5.69 Å². The molecule has 158 valence electrons. The van der Waals surface area contributed by atoms with Gasteiger partial charge in [-0.3, -0.25) is 14.5 Å². The van der Waals surface area contributed by atoms with Crippen LogP contribution in [0.15, 0.2) is 78.0 Å². The lowest BCUT2D eigenvalue weighted by molar-refractivity contribution is 0.0943. The van der Waals surface area contributed by atoms with Gasteiger partial charge in [-0.1, -0.05) is 29.8 Å². The summed E-state index contributed by atoms with van der Waals surface area (Å²) in [6, 6.07) is 17.0. The number of halogens is 1. The number of aromatic nitrogens is 2. The molecule has 2 heterocycles. The van der Waals surface area contributed by atoms with Crippen molar-refractivity contribution >= 4 is 44.1 Å². The molecule has 2 N–H and O–H groups in total. The van der Waals surface area contributed by atoms with E-state index >= 15 is 0 Å². The van der Waals surface area contributed by atoms with Crippen molar-refractivity contribution in [2.75, 3.05) is 4.72 Å². The third-order valence-electron chi connectivity index (χ3n) is 4.86. The molecule has 31 heavy (non-hydrogen) atoms. The molecule has 0 atom stereocenters. The first-order valence-corrected chi connectivity index (χ1v) is 11.2. The molecule has 0 aliphatic carbocycles. The number of aryl methyl sites for hydroxylation is 1. The standard InChI is InChI=1S/C22H19ClN4O3S/c1-27-20-13-17(23)5-4-16(20)12-21(27)22(28)25-14-15-2-6-18(7-3-15)26-31(29,30)19-8-10-24-11-9-19/h2-13,26H,14H2,1H3,(H,25,28). The number of hydrogen-bond acceptors (Lipinski definition) is 4. The molecule has 1 amide bonds. The van der Waals surface area contributed by atoms with E-state index < -0.39 is 10.0 Å². The van der Waals surface area contributed by atoms with Gasteiger partial charge in [0.15, 0.2) is 0 Å². The SMILES string of the molecule is Cn1c(C(=O)NCc2ccc(NS(=O)(=O)c3ccncc3)cc2)cc2ccc(Cl)cc21. The highest BCUT2D eigenvalue weighted by Crippen LogP contribution is 2.23. The van der Waals surface area contributed by atoms with Crippen molar-refractivity contribution in [1.29, 1.82) is 0 Å². The highest BCUT2D eigenvalue weighted by atomic mass is 35.5. The van der Waals surface area contributed by atoms with E-state index in [1.165, 1.54) is 24.5 Å². The molecule has 2 aromatic heterocycles. The van der Waals surface area contributed by atoms with E-state index in [9.17, 15) is 13.2 Å². The maximum atomic E-state index is 12.6. The van der Waals surface area contributed by atoms with Crippen LogP contribution < -0.4 is 10.0 Å². The van der Waals surface area contributed by atoms with Gasteiger partial charge in [0.2, 0.25) is 0 Å². The smallest absolute Gasteiger partial charge is 0.268 e. The van der Waals surface area contributed by atoms with Crippen molar-refractivity contribution in [2.45, 2.75) is 11.4 Å². The van der Waals surface area contributed by atoms with Crippen molar-refractivity contribution in [3.8, 4) is 0 Å². The number of carbonyl (C=O) groups excluding carboxylic acids is 1. The molecule has 9 heteroatoms. The summed E-state index contributed by atoms with van der Waals surface area (Å²) in [6.45, 7) is 0.304. The van der Waals surface area contributed by atoms with Crippen LogP contribution in [-0.2, 0) is 23.6 Å². The summed E-state index contributed by atoms with van der Waals surface area (Å²) in [5, 5.41) is 4.43. The maximum absolute atomic E-state index is 12.6. The fourth-order valence-electron chi connectivity index (χ4n) is 3.22.